The summed E-state index contributed by atoms with van der Waals surface area (Å²) in [7, 11) is 1.58. The van der Waals surface area contributed by atoms with Crippen molar-refractivity contribution >= 4 is 49.9 Å². The average Bonchev–Trinajstić information content (AvgIpc) is 3.38. The minimum Gasteiger partial charge on any atom is -0.496 e. The first-order chi connectivity index (χ1) is 19.4. The number of nitrogens with zero attached hydrogens (tertiary/aromatic N) is 3. The van der Waals surface area contributed by atoms with Gasteiger partial charge < -0.3 is 30.0 Å². The molecule has 40 heavy (non-hydrogen) atoms. The van der Waals surface area contributed by atoms with E-state index >= 15 is 0 Å². The van der Waals surface area contributed by atoms with Gasteiger partial charge in [-0.15, -0.1) is 0 Å². The summed E-state index contributed by atoms with van der Waals surface area (Å²) < 4.78 is 6.00. The van der Waals surface area contributed by atoms with E-state index in [1.165, 1.54) is 0 Å². The van der Waals surface area contributed by atoms with Crippen molar-refractivity contribution in [2.45, 2.75) is 6.92 Å². The lowest BCUT2D eigenvalue weighted by Crippen LogP contribution is -2.47. The number of H-pyrrole nitrogens is 2. The van der Waals surface area contributed by atoms with Crippen LogP contribution in [0.4, 0.5) is 11.4 Å². The fourth-order valence-corrected chi connectivity index (χ4v) is 5.58. The van der Waals surface area contributed by atoms with Crippen molar-refractivity contribution in [3.63, 3.8) is 0 Å². The smallest absolute Gasteiger partial charge is 0.261 e. The number of fused-ring (bicyclic) bond motifs is 1. The van der Waals surface area contributed by atoms with Gasteiger partial charge in [-0.05, 0) is 64.3 Å². The van der Waals surface area contributed by atoms with Crippen LogP contribution in [0, 0.1) is 6.92 Å². The fraction of sp³-hybridized carbons (Fsp3) is 0.310. The Hall–Kier alpha value is -3.89. The van der Waals surface area contributed by atoms with Crippen LogP contribution in [0.2, 0.25) is 0 Å². The maximum atomic E-state index is 13.0. The van der Waals surface area contributed by atoms with Crippen LogP contribution in [0.1, 0.15) is 11.1 Å². The zero-order valence-electron chi connectivity index (χ0n) is 22.4. The number of benzene rings is 2. The number of β-amino-alcohol motifs (C(OH)–C–C–N with tert-alkyl or cyclic N) is 1. The molecule has 10 nitrogen and oxygen atoms in total. The lowest BCUT2D eigenvalue weighted by Gasteiger charge is -2.35. The number of anilines is 2. The number of hydrogen-bond acceptors (Lipinski definition) is 8. The van der Waals surface area contributed by atoms with E-state index < -0.39 is 0 Å². The molecule has 5 rings (SSSR count). The Morgan fingerprint density at radius 1 is 1.20 bits per heavy atom. The highest BCUT2D eigenvalue weighted by atomic mass is 79.9. The van der Waals surface area contributed by atoms with E-state index in [0.717, 1.165) is 52.9 Å². The monoisotopic (exact) mass is 606 g/mol. The standard InChI is InChI=1S/C29H31BrN6O4/c1-18-13-21(36-9-7-35(8-10-36)11-12-37)15-24-27(18)34-28(33-24)26-23(5-6-31-29(26)39)32-16-20(17-38)19-3-4-25(40-2)22(30)14-19/h3-6,13-15,37H,7-12,16H2,1-2H3,(H,33,34)(H2,31,32,39). The molecular formula is C29H31BrN6O4. The van der Waals surface area contributed by atoms with Gasteiger partial charge in [-0.2, -0.15) is 0 Å². The molecule has 4 aromatic rings. The van der Waals surface area contributed by atoms with Gasteiger partial charge in [-0.25, -0.2) is 9.78 Å². The van der Waals surface area contributed by atoms with E-state index in [1.54, 1.807) is 37.6 Å². The molecule has 0 unspecified atom stereocenters. The Morgan fingerprint density at radius 2 is 2.00 bits per heavy atom. The summed E-state index contributed by atoms with van der Waals surface area (Å²) in [5.74, 6) is 3.12. The van der Waals surface area contributed by atoms with Gasteiger partial charge in [0.1, 0.15) is 23.1 Å². The Bertz CT molecular complexity index is 1630. The summed E-state index contributed by atoms with van der Waals surface area (Å²) in [6.07, 6.45) is 1.56. The normalized spacial score (nSPS) is 13.8. The summed E-state index contributed by atoms with van der Waals surface area (Å²) in [6, 6.07) is 11.3. The quantitative estimate of drug-likeness (QED) is 0.213. The van der Waals surface area contributed by atoms with Crippen molar-refractivity contribution in [3.8, 4) is 17.1 Å². The van der Waals surface area contributed by atoms with E-state index in [2.05, 4.69) is 53.1 Å². The third-order valence-corrected chi connectivity index (χ3v) is 7.81. The van der Waals surface area contributed by atoms with Gasteiger partial charge in [-0.1, -0.05) is 6.07 Å². The van der Waals surface area contributed by atoms with Crippen LogP contribution in [0.15, 0.2) is 51.9 Å². The number of carbonyl (C=O) groups excluding carboxylic acids is 1. The van der Waals surface area contributed by atoms with Crippen molar-refractivity contribution in [1.29, 1.82) is 0 Å². The molecule has 0 spiro atoms. The third-order valence-electron chi connectivity index (χ3n) is 7.19. The van der Waals surface area contributed by atoms with Gasteiger partial charge in [0, 0.05) is 44.6 Å². The summed E-state index contributed by atoms with van der Waals surface area (Å²) in [5.41, 5.74) is 5.42. The molecule has 0 aliphatic carbocycles. The van der Waals surface area contributed by atoms with Crippen LogP contribution >= 0.6 is 15.9 Å². The van der Waals surface area contributed by atoms with Crippen molar-refractivity contribution < 1.29 is 14.6 Å². The predicted molar refractivity (Wildman–Crippen MR) is 161 cm³/mol. The second kappa shape index (κ2) is 12.1. The molecule has 0 amide bonds. The topological polar surface area (TPSA) is 127 Å². The van der Waals surface area contributed by atoms with Crippen LogP contribution in [-0.2, 0) is 4.79 Å². The fourth-order valence-electron chi connectivity index (χ4n) is 5.04. The molecule has 1 fully saturated rings. The second-order valence-electron chi connectivity index (χ2n) is 9.68. The molecule has 0 atom stereocenters. The Labute approximate surface area is 239 Å². The number of ether oxygens (including phenoxy) is 1. The minimum absolute atomic E-state index is 0.157. The lowest BCUT2D eigenvalue weighted by molar-refractivity contribution is 0.189. The van der Waals surface area contributed by atoms with Gasteiger partial charge in [0.25, 0.3) is 5.56 Å². The number of nitrogens with one attached hydrogen (secondary N) is 3. The van der Waals surface area contributed by atoms with Gasteiger partial charge in [0.15, 0.2) is 0 Å². The van der Waals surface area contributed by atoms with Crippen molar-refractivity contribution in [3.05, 3.63) is 68.5 Å². The Balaban J connectivity index is 1.41. The number of rotatable bonds is 9. The van der Waals surface area contributed by atoms with Crippen molar-refractivity contribution in [1.82, 2.24) is 19.9 Å². The summed E-state index contributed by atoms with van der Waals surface area (Å²) in [6.45, 7) is 6.57. The van der Waals surface area contributed by atoms with Crippen molar-refractivity contribution in [2.75, 3.05) is 63.2 Å². The zero-order chi connectivity index (χ0) is 28.2. The van der Waals surface area contributed by atoms with Crippen molar-refractivity contribution in [2.24, 2.45) is 0 Å². The van der Waals surface area contributed by atoms with Gasteiger partial charge >= 0.3 is 0 Å². The van der Waals surface area contributed by atoms with Crippen LogP contribution in [-0.4, -0.2) is 83.9 Å². The summed E-state index contributed by atoms with van der Waals surface area (Å²) in [4.78, 5) is 40.3. The molecular weight excluding hydrogens is 576 g/mol. The van der Waals surface area contributed by atoms with Gasteiger partial charge in [0.05, 0.1) is 47.0 Å². The van der Waals surface area contributed by atoms with Crippen LogP contribution in [0.25, 0.3) is 28.0 Å². The number of imidazole rings is 1. The first kappa shape index (κ1) is 27.7. The van der Waals surface area contributed by atoms with E-state index in [4.69, 9.17) is 9.72 Å². The number of aliphatic hydroxyl groups excluding tert-OH is 1. The van der Waals surface area contributed by atoms with Crippen LogP contribution in [0.5, 0.6) is 5.75 Å². The molecule has 1 aliphatic heterocycles. The Kier molecular flexibility index (Phi) is 8.37. The number of aliphatic hydroxyl groups is 1. The molecule has 208 valence electrons. The van der Waals surface area contributed by atoms with Crippen LogP contribution in [0.3, 0.4) is 0 Å². The first-order valence-corrected chi connectivity index (χ1v) is 13.8. The van der Waals surface area contributed by atoms with Gasteiger partial charge in [-0.3, -0.25) is 9.69 Å². The average molecular weight is 608 g/mol. The maximum absolute atomic E-state index is 13.0. The Morgan fingerprint density at radius 3 is 2.70 bits per heavy atom. The number of methoxy groups -OCH3 is 1. The highest BCUT2D eigenvalue weighted by molar-refractivity contribution is 9.10. The van der Waals surface area contributed by atoms with Crippen LogP contribution < -0.4 is 20.5 Å². The number of aromatic nitrogens is 3. The van der Waals surface area contributed by atoms with E-state index in [0.29, 0.717) is 40.5 Å². The molecule has 0 saturated carbocycles. The zero-order valence-corrected chi connectivity index (χ0v) is 24.0. The number of aromatic amines is 2. The second-order valence-corrected chi connectivity index (χ2v) is 10.5. The lowest BCUT2D eigenvalue weighted by atomic mass is 10.1. The van der Waals surface area contributed by atoms with E-state index in [1.807, 2.05) is 12.9 Å². The predicted octanol–water partition coefficient (Wildman–Crippen LogP) is 3.44. The summed E-state index contributed by atoms with van der Waals surface area (Å²) in [5, 5.41) is 12.5. The number of halogens is 1. The third kappa shape index (κ3) is 5.68. The number of piperazine rings is 1. The molecule has 0 bridgehead atoms. The molecule has 1 saturated heterocycles. The molecule has 2 aromatic heterocycles. The minimum atomic E-state index is -0.300. The van der Waals surface area contributed by atoms with Gasteiger partial charge in [0.2, 0.25) is 0 Å². The SMILES string of the molecule is COc1ccc(C(=C=O)CNc2cc[nH]c(=O)c2-c2nc3c(C)cc(N4CCN(CCO)CC4)cc3[nH]2)cc1Br. The highest BCUT2D eigenvalue weighted by Crippen LogP contribution is 2.31. The largest absolute Gasteiger partial charge is 0.496 e. The molecule has 0 radical (unpaired) electrons. The highest BCUT2D eigenvalue weighted by Gasteiger charge is 2.20. The molecule has 1 aliphatic rings. The number of pyridine rings is 1. The maximum Gasteiger partial charge on any atom is 0.261 e. The summed E-state index contributed by atoms with van der Waals surface area (Å²) >= 11 is 3.45. The number of aryl methyl sites for hydroxylation is 1. The van der Waals surface area contributed by atoms with E-state index in [9.17, 15) is 14.7 Å². The molecule has 4 N–H and O–H groups in total. The number of hydrogen-bond donors (Lipinski definition) is 4. The first-order valence-electron chi connectivity index (χ1n) is 13.0. The molecule has 11 heteroatoms. The molecule has 2 aromatic carbocycles. The van der Waals surface area contributed by atoms with E-state index in [-0.39, 0.29) is 18.7 Å². The molecule has 3 heterocycles.